The molecular weight excluding hydrogens is 357 g/mol. The molecule has 0 aromatic heterocycles. The Bertz CT molecular complexity index is 1050. The van der Waals surface area contributed by atoms with Crippen LogP contribution in [0.5, 0.6) is 0 Å². The first-order valence-corrected chi connectivity index (χ1v) is 9.13. The van der Waals surface area contributed by atoms with Gasteiger partial charge in [0.1, 0.15) is 12.4 Å². The lowest BCUT2D eigenvalue weighted by Crippen LogP contribution is -2.43. The Balaban J connectivity index is 2.19. The van der Waals surface area contributed by atoms with Crippen LogP contribution in [0.1, 0.15) is 0 Å². The lowest BCUT2D eigenvalue weighted by molar-refractivity contribution is -0.119. The quantitative estimate of drug-likeness (QED) is 0.407. The van der Waals surface area contributed by atoms with Crippen LogP contribution >= 0.6 is 0 Å². The van der Waals surface area contributed by atoms with E-state index in [1.54, 1.807) is 24.3 Å². The summed E-state index contributed by atoms with van der Waals surface area (Å²) in [5.41, 5.74) is 2.27. The maximum Gasteiger partial charge on any atom is 0.264 e. The number of amides is 1. The number of nitrogens with zero attached hydrogens (tertiary/aromatic N) is 1. The van der Waals surface area contributed by atoms with Crippen molar-refractivity contribution in [2.45, 2.75) is 4.90 Å². The zero-order chi connectivity index (χ0) is 18.7. The Morgan fingerprint density at radius 2 is 1.65 bits per heavy atom. The van der Waals surface area contributed by atoms with Crippen molar-refractivity contribution in [3.05, 3.63) is 72.5 Å². The zero-order valence-corrected chi connectivity index (χ0v) is 14.4. The fourth-order valence-corrected chi connectivity index (χ4v) is 4.08. The molecule has 0 atom stereocenters. The smallest absolute Gasteiger partial charge is 0.264 e. The average molecular weight is 373 g/mol. The normalized spacial score (nSPS) is 11.3. The van der Waals surface area contributed by atoms with Crippen molar-refractivity contribution in [3.8, 4) is 0 Å². The Kier molecular flexibility index (Phi) is 4.88. The summed E-state index contributed by atoms with van der Waals surface area (Å²) < 4.78 is 40.4. The van der Waals surface area contributed by atoms with Gasteiger partial charge in [-0.05, 0) is 35.7 Å². The minimum atomic E-state index is -4.12. The number of carbonyl (C=O) groups excluding carboxylic acids is 1. The van der Waals surface area contributed by atoms with Gasteiger partial charge in [0.05, 0.1) is 10.6 Å². The molecule has 26 heavy (non-hydrogen) atoms. The number of nitrogens with one attached hydrogen (secondary N) is 1. The van der Waals surface area contributed by atoms with E-state index in [2.05, 4.69) is 0 Å². The van der Waals surface area contributed by atoms with Gasteiger partial charge < -0.3 is 0 Å². The summed E-state index contributed by atoms with van der Waals surface area (Å²) in [6.07, 6.45) is 0. The number of rotatable bonds is 5. The third kappa shape index (κ3) is 3.37. The van der Waals surface area contributed by atoms with Gasteiger partial charge in [0.25, 0.3) is 15.9 Å². The van der Waals surface area contributed by atoms with Gasteiger partial charge in [-0.1, -0.05) is 36.4 Å². The first-order chi connectivity index (χ1) is 12.4. The predicted molar refractivity (Wildman–Crippen MR) is 97.2 cm³/mol. The maximum absolute atomic E-state index is 13.2. The highest BCUT2D eigenvalue weighted by Gasteiger charge is 2.28. The van der Waals surface area contributed by atoms with E-state index in [0.29, 0.717) is 11.1 Å². The highest BCUT2D eigenvalue weighted by Crippen LogP contribution is 2.31. The summed E-state index contributed by atoms with van der Waals surface area (Å²) in [5.74, 6) is 3.91. The highest BCUT2D eigenvalue weighted by atomic mass is 32.2. The summed E-state index contributed by atoms with van der Waals surface area (Å²) in [6.45, 7) is -0.510. The van der Waals surface area contributed by atoms with E-state index < -0.39 is 28.3 Å². The first-order valence-electron chi connectivity index (χ1n) is 7.69. The van der Waals surface area contributed by atoms with Crippen LogP contribution in [0.4, 0.5) is 10.1 Å². The SMILES string of the molecule is NNC(=O)CN(c1cccc2ccccc12)S(=O)(=O)c1ccc(F)cc1. The molecule has 0 aliphatic heterocycles. The lowest BCUT2D eigenvalue weighted by atomic mass is 10.1. The molecule has 6 nitrogen and oxygen atoms in total. The largest absolute Gasteiger partial charge is 0.293 e. The van der Waals surface area contributed by atoms with E-state index in [9.17, 15) is 17.6 Å². The minimum Gasteiger partial charge on any atom is -0.293 e. The number of nitrogens with two attached hydrogens (primary N) is 1. The molecule has 134 valence electrons. The van der Waals surface area contributed by atoms with Gasteiger partial charge in [0.2, 0.25) is 0 Å². The number of halogens is 1. The summed E-state index contributed by atoms with van der Waals surface area (Å²) in [5, 5.41) is 1.47. The number of carbonyl (C=O) groups is 1. The minimum absolute atomic E-state index is 0.128. The van der Waals surface area contributed by atoms with Crippen molar-refractivity contribution < 1.29 is 17.6 Å². The molecule has 0 bridgehead atoms. The van der Waals surface area contributed by atoms with E-state index in [-0.39, 0.29) is 4.90 Å². The van der Waals surface area contributed by atoms with Crippen LogP contribution in [0.3, 0.4) is 0 Å². The molecule has 0 spiro atoms. The molecule has 8 heteroatoms. The van der Waals surface area contributed by atoms with Gasteiger partial charge in [0.15, 0.2) is 0 Å². The number of fused-ring (bicyclic) bond motifs is 1. The van der Waals surface area contributed by atoms with Crippen molar-refractivity contribution in [1.29, 1.82) is 0 Å². The van der Waals surface area contributed by atoms with Crippen LogP contribution in [0, 0.1) is 5.82 Å². The first kappa shape index (κ1) is 17.8. The summed E-state index contributed by atoms with van der Waals surface area (Å²) >= 11 is 0. The van der Waals surface area contributed by atoms with Crippen LogP contribution in [0.15, 0.2) is 71.6 Å². The Morgan fingerprint density at radius 3 is 2.35 bits per heavy atom. The van der Waals surface area contributed by atoms with Gasteiger partial charge in [0, 0.05) is 5.39 Å². The van der Waals surface area contributed by atoms with Crippen molar-refractivity contribution in [2.24, 2.45) is 5.84 Å². The number of hydrogen-bond donors (Lipinski definition) is 2. The van der Waals surface area contributed by atoms with Crippen LogP contribution in [-0.4, -0.2) is 20.9 Å². The van der Waals surface area contributed by atoms with E-state index in [0.717, 1.165) is 34.0 Å². The number of hydrazine groups is 1. The lowest BCUT2D eigenvalue weighted by Gasteiger charge is -2.25. The highest BCUT2D eigenvalue weighted by molar-refractivity contribution is 7.92. The third-order valence-corrected chi connectivity index (χ3v) is 5.66. The average Bonchev–Trinajstić information content (AvgIpc) is 2.65. The summed E-state index contributed by atoms with van der Waals surface area (Å²) in [7, 11) is -4.12. The van der Waals surface area contributed by atoms with Crippen molar-refractivity contribution in [1.82, 2.24) is 5.43 Å². The van der Waals surface area contributed by atoms with Gasteiger partial charge in [-0.2, -0.15) is 0 Å². The molecule has 0 fully saturated rings. The molecule has 0 aliphatic rings. The van der Waals surface area contributed by atoms with Gasteiger partial charge in [-0.15, -0.1) is 0 Å². The van der Waals surface area contributed by atoms with E-state index in [1.807, 2.05) is 23.6 Å². The molecule has 0 unspecified atom stereocenters. The van der Waals surface area contributed by atoms with E-state index in [1.165, 1.54) is 0 Å². The molecule has 1 amide bonds. The molecule has 0 heterocycles. The van der Waals surface area contributed by atoms with Gasteiger partial charge in [-0.25, -0.2) is 18.7 Å². The molecule has 0 saturated heterocycles. The molecule has 3 aromatic carbocycles. The van der Waals surface area contributed by atoms with Crippen LogP contribution in [0.25, 0.3) is 10.8 Å². The zero-order valence-electron chi connectivity index (χ0n) is 13.6. The number of sulfonamides is 1. The predicted octanol–water partition coefficient (Wildman–Crippen LogP) is 2.16. The fraction of sp³-hybridized carbons (Fsp3) is 0.0556. The number of anilines is 1. The standard InChI is InChI=1S/C18H16FN3O3S/c19-14-8-10-15(11-9-14)26(24,25)22(12-18(23)21-20)17-7-3-5-13-4-1-2-6-16(13)17/h1-11H,12,20H2,(H,21,23). The summed E-state index contributed by atoms with van der Waals surface area (Å²) in [4.78, 5) is 11.7. The fourth-order valence-electron chi connectivity index (χ4n) is 2.64. The van der Waals surface area contributed by atoms with Crippen molar-refractivity contribution >= 4 is 32.4 Å². The second kappa shape index (κ2) is 7.11. The Labute approximate surface area is 150 Å². The Hall–Kier alpha value is -2.97. The van der Waals surface area contributed by atoms with Crippen molar-refractivity contribution in [2.75, 3.05) is 10.8 Å². The topological polar surface area (TPSA) is 92.5 Å². The summed E-state index contributed by atoms with van der Waals surface area (Å²) in [6, 6.07) is 16.8. The molecule has 3 rings (SSSR count). The maximum atomic E-state index is 13.2. The van der Waals surface area contributed by atoms with E-state index in [4.69, 9.17) is 5.84 Å². The second-order valence-corrected chi connectivity index (χ2v) is 7.39. The third-order valence-electron chi connectivity index (χ3n) is 3.89. The monoisotopic (exact) mass is 373 g/mol. The van der Waals surface area contributed by atoms with Crippen molar-refractivity contribution in [3.63, 3.8) is 0 Å². The van der Waals surface area contributed by atoms with Crippen LogP contribution < -0.4 is 15.6 Å². The number of benzene rings is 3. The Morgan fingerprint density at radius 1 is 1.00 bits per heavy atom. The van der Waals surface area contributed by atoms with E-state index >= 15 is 0 Å². The number of hydrogen-bond acceptors (Lipinski definition) is 4. The van der Waals surface area contributed by atoms with Crippen LogP contribution in [0.2, 0.25) is 0 Å². The molecule has 3 N–H and O–H groups in total. The molecule has 0 radical (unpaired) electrons. The molecular formula is C18H16FN3O3S. The molecule has 0 saturated carbocycles. The molecule has 3 aromatic rings. The second-order valence-electron chi connectivity index (χ2n) is 5.53. The van der Waals surface area contributed by atoms with Gasteiger partial charge >= 0.3 is 0 Å². The van der Waals surface area contributed by atoms with Gasteiger partial charge in [-0.3, -0.25) is 14.5 Å². The molecule has 0 aliphatic carbocycles. The van der Waals surface area contributed by atoms with Crippen LogP contribution in [-0.2, 0) is 14.8 Å².